The molecule has 1 N–H and O–H groups in total. The molecule has 0 unspecified atom stereocenters. The van der Waals surface area contributed by atoms with Gasteiger partial charge in [-0.05, 0) is 63.8 Å². The van der Waals surface area contributed by atoms with Gasteiger partial charge in [-0.15, -0.1) is 0 Å². The topological polar surface area (TPSA) is 131 Å². The smallest absolute Gasteiger partial charge is 0.410 e. The average Bonchev–Trinajstić information content (AvgIpc) is 3.12. The third-order valence-corrected chi connectivity index (χ3v) is 8.26. The van der Waals surface area contributed by atoms with E-state index < -0.39 is 27.1 Å². The fourth-order valence-corrected chi connectivity index (χ4v) is 6.10. The number of hydrogen-bond donors (Lipinski definition) is 1. The molecular formula is C30H37N5O6S. The van der Waals surface area contributed by atoms with Crippen LogP contribution >= 0.6 is 0 Å². The zero-order valence-corrected chi connectivity index (χ0v) is 25.7. The predicted octanol–water partition coefficient (Wildman–Crippen LogP) is 4.70. The number of fused-ring (bicyclic) bond motifs is 4. The quantitative estimate of drug-likeness (QED) is 0.371. The molecule has 1 aromatic carbocycles. The molecule has 0 radical (unpaired) electrons. The zero-order chi connectivity index (χ0) is 30.4. The number of carbonyl (C=O) groups excluding carboxylic acids is 2. The van der Waals surface area contributed by atoms with Crippen molar-refractivity contribution in [3.63, 3.8) is 0 Å². The van der Waals surface area contributed by atoms with Gasteiger partial charge in [-0.1, -0.05) is 12.5 Å². The Hall–Kier alpha value is -3.93. The maximum Gasteiger partial charge on any atom is 0.410 e. The van der Waals surface area contributed by atoms with E-state index in [0.717, 1.165) is 53.2 Å². The van der Waals surface area contributed by atoms with E-state index in [0.29, 0.717) is 18.5 Å². The van der Waals surface area contributed by atoms with Crippen LogP contribution in [0.5, 0.6) is 5.88 Å². The van der Waals surface area contributed by atoms with Gasteiger partial charge in [0.2, 0.25) is 21.8 Å². The number of pyridine rings is 2. The number of hydrogen-bond acceptors (Lipinski definition) is 8. The first-order chi connectivity index (χ1) is 19.7. The Morgan fingerprint density at radius 3 is 2.52 bits per heavy atom. The standard InChI is InChI=1S/C30H37N5O6S/c1-29(2,3)41-28(37)34(4)13-8-14-40-26-23(33-42(6,38)39)16-20(17-32-26)19-9-10-22-21(15-19)25-24(18-31-22)35(5)27(36)30(25)11-7-12-30/h9-10,15-18,33H,7-8,11-14H2,1-6H3. The van der Waals surface area contributed by atoms with Crippen molar-refractivity contribution in [2.24, 2.45) is 0 Å². The van der Waals surface area contributed by atoms with Crippen molar-refractivity contribution in [2.75, 3.05) is 43.1 Å². The van der Waals surface area contributed by atoms with Gasteiger partial charge in [0.15, 0.2) is 0 Å². The molecule has 2 amide bonds. The molecule has 11 nitrogen and oxygen atoms in total. The third-order valence-electron chi connectivity index (χ3n) is 7.67. The molecule has 1 fully saturated rings. The van der Waals surface area contributed by atoms with Gasteiger partial charge in [0.1, 0.15) is 11.3 Å². The molecule has 0 saturated heterocycles. The van der Waals surface area contributed by atoms with Gasteiger partial charge in [-0.3, -0.25) is 14.5 Å². The van der Waals surface area contributed by atoms with Crippen LogP contribution in [0.3, 0.4) is 0 Å². The second kappa shape index (κ2) is 10.7. The number of likely N-dealkylation sites (N-methyl/N-ethyl adjacent to an activating group) is 1. The number of amides is 2. The molecule has 224 valence electrons. The van der Waals surface area contributed by atoms with Crippen LogP contribution in [0.2, 0.25) is 0 Å². The number of nitrogens with one attached hydrogen (secondary N) is 1. The Bertz CT molecular complexity index is 1660. The predicted molar refractivity (Wildman–Crippen MR) is 161 cm³/mol. The summed E-state index contributed by atoms with van der Waals surface area (Å²) in [5.41, 5.74) is 3.26. The van der Waals surface area contributed by atoms with E-state index >= 15 is 0 Å². The monoisotopic (exact) mass is 595 g/mol. The van der Waals surface area contributed by atoms with E-state index in [1.165, 1.54) is 4.90 Å². The van der Waals surface area contributed by atoms with E-state index in [1.807, 2.05) is 18.2 Å². The van der Waals surface area contributed by atoms with E-state index in [-0.39, 0.29) is 24.1 Å². The summed E-state index contributed by atoms with van der Waals surface area (Å²) >= 11 is 0. The van der Waals surface area contributed by atoms with E-state index in [2.05, 4.69) is 14.7 Å². The average molecular weight is 596 g/mol. The van der Waals surface area contributed by atoms with Crippen molar-refractivity contribution >= 4 is 44.3 Å². The van der Waals surface area contributed by atoms with Gasteiger partial charge in [0.25, 0.3) is 0 Å². The number of carbonyl (C=O) groups is 2. The normalized spacial score (nSPS) is 15.9. The number of aromatic nitrogens is 2. The summed E-state index contributed by atoms with van der Waals surface area (Å²) in [4.78, 5) is 37.6. The first-order valence-electron chi connectivity index (χ1n) is 13.9. The van der Waals surface area contributed by atoms with Gasteiger partial charge < -0.3 is 19.3 Å². The van der Waals surface area contributed by atoms with Gasteiger partial charge in [0.05, 0.1) is 35.7 Å². The van der Waals surface area contributed by atoms with E-state index in [4.69, 9.17) is 9.47 Å². The Balaban J connectivity index is 1.40. The highest BCUT2D eigenvalue weighted by atomic mass is 32.2. The van der Waals surface area contributed by atoms with Crippen LogP contribution in [0.25, 0.3) is 22.0 Å². The Kier molecular flexibility index (Phi) is 7.55. The van der Waals surface area contributed by atoms with Crippen molar-refractivity contribution in [3.05, 3.63) is 42.2 Å². The minimum Gasteiger partial charge on any atom is -0.476 e. The summed E-state index contributed by atoms with van der Waals surface area (Å²) in [7, 11) is -0.186. The molecule has 42 heavy (non-hydrogen) atoms. The summed E-state index contributed by atoms with van der Waals surface area (Å²) in [5.74, 6) is 0.247. The van der Waals surface area contributed by atoms with Crippen molar-refractivity contribution in [1.82, 2.24) is 14.9 Å². The Morgan fingerprint density at radius 2 is 1.88 bits per heavy atom. The highest BCUT2D eigenvalue weighted by molar-refractivity contribution is 7.92. The van der Waals surface area contributed by atoms with Gasteiger partial charge in [-0.2, -0.15) is 0 Å². The van der Waals surface area contributed by atoms with Crippen molar-refractivity contribution in [3.8, 4) is 17.0 Å². The van der Waals surface area contributed by atoms with Crippen molar-refractivity contribution in [2.45, 2.75) is 57.5 Å². The molecule has 3 heterocycles. The molecule has 1 spiro atoms. The molecule has 5 rings (SSSR count). The summed E-state index contributed by atoms with van der Waals surface area (Å²) in [5, 5.41) is 0.912. The van der Waals surface area contributed by atoms with Crippen LogP contribution in [0, 0.1) is 0 Å². The molecule has 12 heteroatoms. The van der Waals surface area contributed by atoms with Crippen molar-refractivity contribution in [1.29, 1.82) is 0 Å². The maximum absolute atomic E-state index is 13.2. The highest BCUT2D eigenvalue weighted by Crippen LogP contribution is 2.55. The molecule has 2 aromatic heterocycles. The molecular weight excluding hydrogens is 558 g/mol. The van der Waals surface area contributed by atoms with Crippen LogP contribution in [0.15, 0.2) is 36.7 Å². The number of ether oxygens (including phenoxy) is 2. The number of rotatable bonds is 8. The van der Waals surface area contributed by atoms with E-state index in [9.17, 15) is 18.0 Å². The lowest BCUT2D eigenvalue weighted by Gasteiger charge is -2.37. The SMILES string of the molecule is CN(CCCOc1ncc(-c2ccc3ncc4c(c3c2)C2(CCC2)C(=O)N4C)cc1NS(C)(=O)=O)C(=O)OC(C)(C)C. The third kappa shape index (κ3) is 5.72. The highest BCUT2D eigenvalue weighted by Gasteiger charge is 2.54. The lowest BCUT2D eigenvalue weighted by molar-refractivity contribution is -0.125. The van der Waals surface area contributed by atoms with Crippen LogP contribution in [0.4, 0.5) is 16.2 Å². The van der Waals surface area contributed by atoms with Gasteiger partial charge in [0, 0.05) is 43.4 Å². The second-order valence-electron chi connectivity index (χ2n) is 12.1. The summed E-state index contributed by atoms with van der Waals surface area (Å²) in [6.07, 6.45) is 7.15. The molecule has 2 aliphatic rings. The summed E-state index contributed by atoms with van der Waals surface area (Å²) in [6, 6.07) is 7.51. The van der Waals surface area contributed by atoms with Crippen LogP contribution in [-0.2, 0) is 25.0 Å². The first-order valence-corrected chi connectivity index (χ1v) is 15.8. The molecule has 1 aliphatic heterocycles. The van der Waals surface area contributed by atoms with Crippen LogP contribution in [-0.4, -0.2) is 74.4 Å². The minimum absolute atomic E-state index is 0.114. The lowest BCUT2D eigenvalue weighted by atomic mass is 9.64. The van der Waals surface area contributed by atoms with Crippen molar-refractivity contribution < 1.29 is 27.5 Å². The van der Waals surface area contributed by atoms with E-state index in [1.54, 1.807) is 58.2 Å². The molecule has 0 atom stereocenters. The number of anilines is 2. The van der Waals surface area contributed by atoms with Crippen LogP contribution in [0.1, 0.15) is 52.0 Å². The van der Waals surface area contributed by atoms with Gasteiger partial charge >= 0.3 is 6.09 Å². The largest absolute Gasteiger partial charge is 0.476 e. The lowest BCUT2D eigenvalue weighted by Crippen LogP contribution is -2.43. The van der Waals surface area contributed by atoms with Crippen LogP contribution < -0.4 is 14.4 Å². The Labute approximate surface area is 246 Å². The molecule has 1 saturated carbocycles. The molecule has 0 bridgehead atoms. The first kappa shape index (κ1) is 29.6. The fourth-order valence-electron chi connectivity index (χ4n) is 5.55. The minimum atomic E-state index is -3.63. The molecule has 3 aromatic rings. The summed E-state index contributed by atoms with van der Waals surface area (Å²) in [6.45, 7) is 6.00. The number of nitrogens with zero attached hydrogens (tertiary/aromatic N) is 4. The second-order valence-corrected chi connectivity index (χ2v) is 13.9. The Morgan fingerprint density at radius 1 is 1.14 bits per heavy atom. The maximum atomic E-state index is 13.2. The molecule has 1 aliphatic carbocycles. The van der Waals surface area contributed by atoms with Gasteiger partial charge in [-0.25, -0.2) is 18.2 Å². The number of benzene rings is 1. The number of sulfonamides is 1. The fraction of sp³-hybridized carbons (Fsp3) is 0.467. The zero-order valence-electron chi connectivity index (χ0n) is 24.9. The summed E-state index contributed by atoms with van der Waals surface area (Å²) < 4.78 is 38.1.